The lowest BCUT2D eigenvalue weighted by Crippen LogP contribution is -1.99. The quantitative estimate of drug-likeness (QED) is 0.140. The highest BCUT2D eigenvalue weighted by Crippen LogP contribution is 2.48. The van der Waals surface area contributed by atoms with Gasteiger partial charge in [0.1, 0.15) is 5.82 Å². The number of fused-ring (bicyclic) bond motifs is 6. The first-order valence-electron chi connectivity index (χ1n) is 18.9. The van der Waals surface area contributed by atoms with E-state index in [4.69, 9.17) is 11.8 Å². The van der Waals surface area contributed by atoms with Gasteiger partial charge in [-0.05, 0) is 95.6 Å². The molecule has 0 spiro atoms. The van der Waals surface area contributed by atoms with E-state index in [0.29, 0.717) is 16.9 Å². The summed E-state index contributed by atoms with van der Waals surface area (Å²) in [5, 5.41) is 9.16. The lowest BCUT2D eigenvalue weighted by molar-refractivity contribution is 1.10. The molecule has 0 aliphatic carbocycles. The Kier molecular flexibility index (Phi) is 5.16. The van der Waals surface area contributed by atoms with Gasteiger partial charge < -0.3 is 0 Å². The maximum atomic E-state index is 8.97. The van der Waals surface area contributed by atoms with Crippen molar-refractivity contribution in [1.82, 2.24) is 9.55 Å². The molecular formula is C47H30N2. The Morgan fingerprint density at radius 2 is 0.939 bits per heavy atom. The number of para-hydroxylation sites is 3. The molecule has 0 fully saturated rings. The second-order valence-electron chi connectivity index (χ2n) is 12.3. The summed E-state index contributed by atoms with van der Waals surface area (Å²) in [6.45, 7) is 0. The highest BCUT2D eigenvalue weighted by molar-refractivity contribution is 6.26. The van der Waals surface area contributed by atoms with Gasteiger partial charge in [-0.3, -0.25) is 4.57 Å². The van der Waals surface area contributed by atoms with Crippen LogP contribution in [-0.2, 0) is 0 Å². The number of hydrogen-bond donors (Lipinski definition) is 0. The zero-order chi connectivity index (χ0) is 36.7. The summed E-state index contributed by atoms with van der Waals surface area (Å²) in [4.78, 5) is 5.12. The van der Waals surface area contributed by atoms with Gasteiger partial charge in [0.25, 0.3) is 0 Å². The third-order valence-electron chi connectivity index (χ3n) is 9.68. The van der Waals surface area contributed by atoms with Crippen LogP contribution in [0.4, 0.5) is 0 Å². The molecule has 1 aromatic heterocycles. The molecule has 0 radical (unpaired) electrons. The number of rotatable bonds is 4. The summed E-state index contributed by atoms with van der Waals surface area (Å²) < 4.78 is 45.0. The smallest absolute Gasteiger partial charge is 0.146 e. The van der Waals surface area contributed by atoms with Gasteiger partial charge in [-0.15, -0.1) is 0 Å². The standard InChI is InChI=1S/C47H30N2/c1-2-17-32(18-3-1)49-44-29-15-14-28-43(44)48-47(49)41-27-13-12-26-40(41)45-36-22-8-10-24-38(36)46(39-25-11-9-23-37(39)45)42-30-31-16-4-5-19-33(31)34-20-6-7-21-35(34)42/h1-30H/i1D,2D,3D,17D,18D. The Bertz CT molecular complexity index is 3100. The van der Waals surface area contributed by atoms with Crippen LogP contribution >= 0.6 is 0 Å². The average Bonchev–Trinajstić information content (AvgIpc) is 3.60. The zero-order valence-electron chi connectivity index (χ0n) is 31.3. The SMILES string of the molecule is [2H]c1c([2H])c([2H])c(-n2c(-c3ccccc3-c3c4ccccc4c(-c4cc5ccccc5c5ccccc45)c4ccccc34)nc3ccccc32)c([2H])c1[2H]. The van der Waals surface area contributed by atoms with Crippen LogP contribution in [0, 0.1) is 0 Å². The molecule has 0 saturated heterocycles. The van der Waals surface area contributed by atoms with Crippen LogP contribution in [-0.4, -0.2) is 9.55 Å². The lowest BCUT2D eigenvalue weighted by atomic mass is 9.83. The second kappa shape index (κ2) is 11.0. The van der Waals surface area contributed by atoms with Crippen molar-refractivity contribution in [2.75, 3.05) is 0 Å². The van der Waals surface area contributed by atoms with Gasteiger partial charge in [-0.1, -0.05) is 152 Å². The Labute approximate surface area is 291 Å². The fourth-order valence-electron chi connectivity index (χ4n) is 7.65. The van der Waals surface area contributed by atoms with E-state index < -0.39 is 18.1 Å². The number of benzene rings is 9. The third-order valence-corrected chi connectivity index (χ3v) is 9.68. The molecule has 0 aliphatic rings. The van der Waals surface area contributed by atoms with Crippen LogP contribution in [0.3, 0.4) is 0 Å². The summed E-state index contributed by atoms with van der Waals surface area (Å²) in [6.07, 6.45) is 0. The van der Waals surface area contributed by atoms with Crippen molar-refractivity contribution in [2.24, 2.45) is 0 Å². The molecule has 0 atom stereocenters. The highest BCUT2D eigenvalue weighted by Gasteiger charge is 2.23. The van der Waals surface area contributed by atoms with E-state index in [0.717, 1.165) is 43.8 Å². The minimum atomic E-state index is -0.433. The minimum Gasteiger partial charge on any atom is -0.292 e. The fraction of sp³-hybridized carbons (Fsp3) is 0. The van der Waals surface area contributed by atoms with Crippen LogP contribution in [0.5, 0.6) is 0 Å². The highest BCUT2D eigenvalue weighted by atomic mass is 15.1. The van der Waals surface area contributed by atoms with Gasteiger partial charge in [0.2, 0.25) is 0 Å². The third kappa shape index (κ3) is 4.24. The van der Waals surface area contributed by atoms with Crippen molar-refractivity contribution < 1.29 is 6.85 Å². The van der Waals surface area contributed by atoms with Gasteiger partial charge in [-0.25, -0.2) is 4.98 Å². The summed E-state index contributed by atoms with van der Waals surface area (Å²) in [7, 11) is 0. The van der Waals surface area contributed by atoms with E-state index in [1.807, 2.05) is 42.5 Å². The van der Waals surface area contributed by atoms with Crippen molar-refractivity contribution in [2.45, 2.75) is 0 Å². The Morgan fingerprint density at radius 1 is 0.429 bits per heavy atom. The van der Waals surface area contributed by atoms with E-state index in [9.17, 15) is 0 Å². The summed E-state index contributed by atoms with van der Waals surface area (Å²) in [6, 6.07) is 50.5. The molecule has 1 heterocycles. The molecule has 10 aromatic rings. The first kappa shape index (κ1) is 22.9. The van der Waals surface area contributed by atoms with Gasteiger partial charge in [-0.2, -0.15) is 0 Å². The van der Waals surface area contributed by atoms with Crippen LogP contribution < -0.4 is 0 Å². The number of imidazole rings is 1. The molecule has 0 aliphatic heterocycles. The zero-order valence-corrected chi connectivity index (χ0v) is 26.3. The van der Waals surface area contributed by atoms with E-state index in [1.54, 1.807) is 4.57 Å². The Hall–Kier alpha value is -6.51. The average molecular weight is 628 g/mol. The first-order chi connectivity index (χ1) is 26.4. The largest absolute Gasteiger partial charge is 0.292 e. The second-order valence-corrected chi connectivity index (χ2v) is 12.3. The van der Waals surface area contributed by atoms with Crippen LogP contribution in [0.2, 0.25) is 0 Å². The van der Waals surface area contributed by atoms with E-state index in [2.05, 4.69) is 109 Å². The van der Waals surface area contributed by atoms with Crippen molar-refractivity contribution in [3.63, 3.8) is 0 Å². The first-order valence-corrected chi connectivity index (χ1v) is 16.4. The van der Waals surface area contributed by atoms with E-state index >= 15 is 0 Å². The van der Waals surface area contributed by atoms with E-state index in [-0.39, 0.29) is 17.8 Å². The predicted octanol–water partition coefficient (Wildman–Crippen LogP) is 12.6. The molecule has 0 amide bonds. The van der Waals surface area contributed by atoms with Gasteiger partial charge >= 0.3 is 0 Å². The van der Waals surface area contributed by atoms with Crippen molar-refractivity contribution in [3.05, 3.63) is 182 Å². The fourth-order valence-corrected chi connectivity index (χ4v) is 7.65. The Balaban J connectivity index is 1.33. The lowest BCUT2D eigenvalue weighted by Gasteiger charge is -2.21. The van der Waals surface area contributed by atoms with Crippen LogP contribution in [0.1, 0.15) is 6.85 Å². The molecule has 0 bridgehead atoms. The van der Waals surface area contributed by atoms with Gasteiger partial charge in [0, 0.05) is 11.3 Å². The summed E-state index contributed by atoms with van der Waals surface area (Å²) in [5.74, 6) is 0.489. The monoisotopic (exact) mass is 627 g/mol. The predicted molar refractivity (Wildman–Crippen MR) is 207 cm³/mol. The molecule has 10 rings (SSSR count). The number of nitrogens with zero attached hydrogens (tertiary/aromatic N) is 2. The Morgan fingerprint density at radius 3 is 1.63 bits per heavy atom. The molecule has 2 heteroatoms. The van der Waals surface area contributed by atoms with Crippen molar-refractivity contribution in [3.8, 4) is 39.3 Å². The topological polar surface area (TPSA) is 17.8 Å². The van der Waals surface area contributed by atoms with E-state index in [1.165, 1.54) is 27.1 Å². The molecular weight excluding hydrogens is 593 g/mol. The molecule has 2 nitrogen and oxygen atoms in total. The molecule has 0 saturated carbocycles. The van der Waals surface area contributed by atoms with Crippen LogP contribution in [0.25, 0.3) is 93.5 Å². The molecule has 49 heavy (non-hydrogen) atoms. The molecule has 0 N–H and O–H groups in total. The number of aromatic nitrogens is 2. The minimum absolute atomic E-state index is 0.0627. The van der Waals surface area contributed by atoms with Crippen LogP contribution in [0.15, 0.2) is 182 Å². The van der Waals surface area contributed by atoms with Gasteiger partial charge in [0.05, 0.1) is 17.9 Å². The molecule has 9 aromatic carbocycles. The summed E-state index contributed by atoms with van der Waals surface area (Å²) >= 11 is 0. The number of hydrogen-bond acceptors (Lipinski definition) is 1. The molecule has 0 unspecified atom stereocenters. The van der Waals surface area contributed by atoms with Gasteiger partial charge in [0.15, 0.2) is 0 Å². The van der Waals surface area contributed by atoms with Crippen molar-refractivity contribution >= 4 is 54.1 Å². The molecule has 228 valence electrons. The maximum absolute atomic E-state index is 8.97. The normalized spacial score (nSPS) is 13.1. The summed E-state index contributed by atoms with van der Waals surface area (Å²) in [5.41, 5.74) is 6.42. The maximum Gasteiger partial charge on any atom is 0.146 e. The van der Waals surface area contributed by atoms with Crippen molar-refractivity contribution in [1.29, 1.82) is 0 Å².